The average Bonchev–Trinajstić information content (AvgIpc) is 2.80. The number of rotatable bonds is 7. The number of nitrogens with two attached hydrogens (primary N) is 1. The summed E-state index contributed by atoms with van der Waals surface area (Å²) in [7, 11) is 6.14. The molecule has 1 saturated carbocycles. The highest BCUT2D eigenvalue weighted by molar-refractivity contribution is 5.01. The predicted octanol–water partition coefficient (Wildman–Crippen LogP) is 1.90. The predicted molar refractivity (Wildman–Crippen MR) is 76.3 cm³/mol. The summed E-state index contributed by atoms with van der Waals surface area (Å²) in [5.74, 6) is 5.83. The third-order valence-corrected chi connectivity index (χ3v) is 4.80. The maximum Gasteiger partial charge on any atom is 0.0623 e. The number of methoxy groups -OCH3 is 1. The fourth-order valence-corrected chi connectivity index (χ4v) is 3.20. The smallest absolute Gasteiger partial charge is 0.0623 e. The van der Waals surface area contributed by atoms with Crippen molar-refractivity contribution in [3.05, 3.63) is 0 Å². The van der Waals surface area contributed by atoms with Crippen molar-refractivity contribution in [1.82, 2.24) is 10.3 Å². The van der Waals surface area contributed by atoms with Crippen molar-refractivity contribution in [2.75, 3.05) is 21.2 Å². The molecule has 0 aromatic heterocycles. The zero-order valence-electron chi connectivity index (χ0n) is 12.8. The maximum atomic E-state index is 5.83. The van der Waals surface area contributed by atoms with Gasteiger partial charge >= 0.3 is 0 Å². The molecule has 0 spiro atoms. The normalized spacial score (nSPS) is 21.5. The summed E-state index contributed by atoms with van der Waals surface area (Å²) in [6.45, 7) is 4.27. The van der Waals surface area contributed by atoms with Gasteiger partial charge in [0.15, 0.2) is 0 Å². The molecule has 0 bridgehead atoms. The summed E-state index contributed by atoms with van der Waals surface area (Å²) < 4.78 is 5.51. The van der Waals surface area contributed by atoms with Gasteiger partial charge in [-0.2, -0.15) is 0 Å². The van der Waals surface area contributed by atoms with Crippen LogP contribution in [0.15, 0.2) is 0 Å². The van der Waals surface area contributed by atoms with E-state index < -0.39 is 0 Å². The highest BCUT2D eigenvalue weighted by Gasteiger charge is 2.43. The third kappa shape index (κ3) is 3.44. The van der Waals surface area contributed by atoms with E-state index >= 15 is 0 Å². The lowest BCUT2D eigenvalue weighted by Crippen LogP contribution is -2.59. The van der Waals surface area contributed by atoms with Crippen molar-refractivity contribution in [1.29, 1.82) is 0 Å². The van der Waals surface area contributed by atoms with Gasteiger partial charge in [0, 0.05) is 18.7 Å². The molecule has 4 heteroatoms. The van der Waals surface area contributed by atoms with Crippen molar-refractivity contribution in [3.8, 4) is 0 Å². The molecule has 4 nitrogen and oxygen atoms in total. The molecule has 1 aliphatic carbocycles. The summed E-state index contributed by atoms with van der Waals surface area (Å²) in [5.41, 5.74) is 3.22. The SMILES string of the molecule is COC(C)(C)CCC(NN)C1(N(C)C)CCCC1. The van der Waals surface area contributed by atoms with Crippen molar-refractivity contribution in [2.24, 2.45) is 5.84 Å². The molecule has 0 radical (unpaired) electrons. The molecule has 3 N–H and O–H groups in total. The molecule has 1 aliphatic rings. The second kappa shape index (κ2) is 6.33. The van der Waals surface area contributed by atoms with Crippen molar-refractivity contribution in [3.63, 3.8) is 0 Å². The fourth-order valence-electron chi connectivity index (χ4n) is 3.20. The average molecular weight is 257 g/mol. The first-order valence-corrected chi connectivity index (χ1v) is 7.07. The largest absolute Gasteiger partial charge is 0.379 e. The Bertz CT molecular complexity index is 247. The molecule has 0 heterocycles. The molecular formula is C14H31N3O. The van der Waals surface area contributed by atoms with Crippen LogP contribution in [0.25, 0.3) is 0 Å². The van der Waals surface area contributed by atoms with Crippen LogP contribution in [0.4, 0.5) is 0 Å². The molecule has 0 aliphatic heterocycles. The standard InChI is InChI=1S/C14H31N3O/c1-13(2,18-5)11-8-12(16-15)14(17(3)4)9-6-7-10-14/h12,16H,6-11,15H2,1-5H3. The van der Waals surface area contributed by atoms with E-state index in [0.717, 1.165) is 12.8 Å². The molecule has 0 amide bonds. The summed E-state index contributed by atoms with van der Waals surface area (Å²) in [6.07, 6.45) is 7.17. The second-order valence-corrected chi connectivity index (χ2v) is 6.43. The number of nitrogens with zero attached hydrogens (tertiary/aromatic N) is 1. The molecule has 1 fully saturated rings. The Morgan fingerprint density at radius 3 is 2.28 bits per heavy atom. The summed E-state index contributed by atoms with van der Waals surface area (Å²) in [5, 5.41) is 0. The van der Waals surface area contributed by atoms with Gasteiger partial charge in [-0.25, -0.2) is 0 Å². The monoisotopic (exact) mass is 257 g/mol. The van der Waals surface area contributed by atoms with E-state index in [4.69, 9.17) is 10.6 Å². The molecule has 18 heavy (non-hydrogen) atoms. The van der Waals surface area contributed by atoms with E-state index in [1.165, 1.54) is 25.7 Å². The van der Waals surface area contributed by atoms with Gasteiger partial charge in [-0.3, -0.25) is 11.3 Å². The lowest BCUT2D eigenvalue weighted by molar-refractivity contribution is 0.00377. The molecule has 0 aromatic carbocycles. The van der Waals surface area contributed by atoms with E-state index in [0.29, 0.717) is 6.04 Å². The minimum absolute atomic E-state index is 0.0682. The number of hydrazine groups is 1. The minimum atomic E-state index is -0.0682. The van der Waals surface area contributed by atoms with Crippen LogP contribution in [0.3, 0.4) is 0 Å². The Kier molecular flexibility index (Phi) is 5.59. The van der Waals surface area contributed by atoms with Crippen LogP contribution in [0.1, 0.15) is 52.4 Å². The van der Waals surface area contributed by atoms with Gasteiger partial charge in [0.25, 0.3) is 0 Å². The molecule has 1 rings (SSSR count). The fraction of sp³-hybridized carbons (Fsp3) is 1.00. The molecular weight excluding hydrogens is 226 g/mol. The molecule has 1 unspecified atom stereocenters. The molecule has 0 saturated heterocycles. The summed E-state index contributed by atoms with van der Waals surface area (Å²) in [4.78, 5) is 2.37. The van der Waals surface area contributed by atoms with Crippen LogP contribution in [0, 0.1) is 0 Å². The Morgan fingerprint density at radius 2 is 1.89 bits per heavy atom. The van der Waals surface area contributed by atoms with E-state index in [1.54, 1.807) is 7.11 Å². The van der Waals surface area contributed by atoms with Crippen molar-refractivity contribution in [2.45, 2.75) is 69.6 Å². The quantitative estimate of drug-likeness (QED) is 0.540. The van der Waals surface area contributed by atoms with Crippen LogP contribution in [-0.4, -0.2) is 43.3 Å². The highest BCUT2D eigenvalue weighted by atomic mass is 16.5. The van der Waals surface area contributed by atoms with Crippen LogP contribution < -0.4 is 11.3 Å². The zero-order valence-corrected chi connectivity index (χ0v) is 12.8. The zero-order chi connectivity index (χ0) is 13.8. The van der Waals surface area contributed by atoms with Crippen LogP contribution >= 0.6 is 0 Å². The lowest BCUT2D eigenvalue weighted by atomic mass is 9.82. The number of ether oxygens (including phenoxy) is 1. The first-order valence-electron chi connectivity index (χ1n) is 7.07. The Labute approximate surface area is 112 Å². The van der Waals surface area contributed by atoms with E-state index in [9.17, 15) is 0 Å². The van der Waals surface area contributed by atoms with Gasteiger partial charge in [-0.1, -0.05) is 12.8 Å². The third-order valence-electron chi connectivity index (χ3n) is 4.80. The van der Waals surface area contributed by atoms with Crippen LogP contribution in [-0.2, 0) is 4.74 Å². The Hall–Kier alpha value is -0.160. The molecule has 0 aromatic rings. The summed E-state index contributed by atoms with van der Waals surface area (Å²) >= 11 is 0. The second-order valence-electron chi connectivity index (χ2n) is 6.43. The van der Waals surface area contributed by atoms with E-state index in [1.807, 2.05) is 0 Å². The van der Waals surface area contributed by atoms with Gasteiger partial charge in [0.2, 0.25) is 0 Å². The van der Waals surface area contributed by atoms with Gasteiger partial charge < -0.3 is 9.64 Å². The van der Waals surface area contributed by atoms with Gasteiger partial charge in [-0.15, -0.1) is 0 Å². The van der Waals surface area contributed by atoms with Gasteiger partial charge in [-0.05, 0) is 53.6 Å². The number of hydrogen-bond donors (Lipinski definition) is 2. The molecule has 1 atom stereocenters. The first-order chi connectivity index (χ1) is 8.38. The lowest BCUT2D eigenvalue weighted by Gasteiger charge is -2.44. The first kappa shape index (κ1) is 15.9. The van der Waals surface area contributed by atoms with Crippen molar-refractivity contribution >= 4 is 0 Å². The highest BCUT2D eigenvalue weighted by Crippen LogP contribution is 2.38. The molecule has 108 valence electrons. The summed E-state index contributed by atoms with van der Waals surface area (Å²) in [6, 6.07) is 0.337. The maximum absolute atomic E-state index is 5.83. The number of hydrogen-bond acceptors (Lipinski definition) is 4. The van der Waals surface area contributed by atoms with Gasteiger partial charge in [0.1, 0.15) is 0 Å². The van der Waals surface area contributed by atoms with Crippen molar-refractivity contribution < 1.29 is 4.74 Å². The topological polar surface area (TPSA) is 50.5 Å². The number of nitrogens with one attached hydrogen (secondary N) is 1. The Morgan fingerprint density at radius 1 is 1.33 bits per heavy atom. The van der Waals surface area contributed by atoms with E-state index in [-0.39, 0.29) is 11.1 Å². The minimum Gasteiger partial charge on any atom is -0.379 e. The van der Waals surface area contributed by atoms with Gasteiger partial charge in [0.05, 0.1) is 5.60 Å². The van der Waals surface area contributed by atoms with E-state index in [2.05, 4.69) is 38.3 Å². The van der Waals surface area contributed by atoms with Crippen LogP contribution in [0.2, 0.25) is 0 Å². The Balaban J connectivity index is 2.69. The van der Waals surface area contributed by atoms with Crippen LogP contribution in [0.5, 0.6) is 0 Å². The number of likely N-dealkylation sites (N-methyl/N-ethyl adjacent to an activating group) is 1.